The summed E-state index contributed by atoms with van der Waals surface area (Å²) >= 11 is 0. The first-order valence-electron chi connectivity index (χ1n) is 13.4. The van der Waals surface area contributed by atoms with Crippen molar-refractivity contribution in [3.63, 3.8) is 0 Å². The molecule has 4 aromatic rings. The van der Waals surface area contributed by atoms with Crippen LogP contribution >= 0.6 is 0 Å². The van der Waals surface area contributed by atoms with Gasteiger partial charge in [0.15, 0.2) is 0 Å². The summed E-state index contributed by atoms with van der Waals surface area (Å²) in [5.41, 5.74) is 4.88. The Morgan fingerprint density at radius 1 is 1.07 bits per heavy atom. The molecule has 2 atom stereocenters. The largest absolute Gasteiger partial charge is 0.466 e. The molecule has 40 heavy (non-hydrogen) atoms. The smallest absolute Gasteiger partial charge is 0.329 e. The zero-order valence-electron chi connectivity index (χ0n) is 23.7. The second-order valence-electron chi connectivity index (χ2n) is 10.3. The Morgan fingerprint density at radius 2 is 1.80 bits per heavy atom. The summed E-state index contributed by atoms with van der Waals surface area (Å²) in [6, 6.07) is 7.91. The lowest BCUT2D eigenvalue weighted by atomic mass is 10.0. The Morgan fingerprint density at radius 3 is 2.45 bits per heavy atom. The monoisotopic (exact) mass is 568 g/mol. The van der Waals surface area contributed by atoms with Crippen molar-refractivity contribution >= 4 is 43.8 Å². The van der Waals surface area contributed by atoms with Gasteiger partial charge < -0.3 is 9.72 Å². The van der Waals surface area contributed by atoms with E-state index in [9.17, 15) is 22.8 Å². The van der Waals surface area contributed by atoms with Crippen LogP contribution in [0.1, 0.15) is 79.2 Å². The van der Waals surface area contributed by atoms with Gasteiger partial charge in [0, 0.05) is 34.3 Å². The Hall–Kier alpha value is -3.86. The Balaban J connectivity index is 1.96. The molecule has 2 aromatic carbocycles. The summed E-state index contributed by atoms with van der Waals surface area (Å²) in [5.74, 6) is -1.22. The number of carbonyl (C=O) groups excluding carboxylic acids is 2. The van der Waals surface area contributed by atoms with E-state index >= 15 is 0 Å². The van der Waals surface area contributed by atoms with E-state index < -0.39 is 34.0 Å². The fraction of sp³-hybridized carbons (Fsp3) is 0.414. The van der Waals surface area contributed by atoms with E-state index in [1.807, 2.05) is 38.6 Å². The van der Waals surface area contributed by atoms with Crippen molar-refractivity contribution in [1.82, 2.24) is 18.8 Å². The summed E-state index contributed by atoms with van der Waals surface area (Å²) in [6.45, 7) is 9.92. The minimum atomic E-state index is -3.79. The van der Waals surface area contributed by atoms with Gasteiger partial charge in [-0.3, -0.25) is 18.7 Å². The molecule has 0 aliphatic heterocycles. The summed E-state index contributed by atoms with van der Waals surface area (Å²) in [6.07, 6.45) is 4.03. The molecule has 0 radical (unpaired) electrons. The van der Waals surface area contributed by atoms with Crippen molar-refractivity contribution in [3.8, 4) is 0 Å². The maximum atomic E-state index is 14.2. The number of sulfonamides is 1. The van der Waals surface area contributed by atoms with E-state index in [4.69, 9.17) is 4.74 Å². The number of fused-ring (bicyclic) bond motifs is 2. The number of aromatic amines is 1. The highest BCUT2D eigenvalue weighted by molar-refractivity contribution is 7.89. The normalized spacial score (nSPS) is 13.4. The molecular weight excluding hydrogens is 532 g/mol. The van der Waals surface area contributed by atoms with Crippen LogP contribution < -0.4 is 10.4 Å². The molecule has 1 unspecified atom stereocenters. The lowest BCUT2D eigenvalue weighted by Crippen LogP contribution is -2.31. The third kappa shape index (κ3) is 5.70. The summed E-state index contributed by atoms with van der Waals surface area (Å²) < 4.78 is 33.8. The van der Waals surface area contributed by atoms with Crippen LogP contribution in [0.15, 0.2) is 41.3 Å². The molecule has 0 aliphatic rings. The summed E-state index contributed by atoms with van der Waals surface area (Å²) in [5, 5.41) is 1.03. The fourth-order valence-corrected chi connectivity index (χ4v) is 6.02. The number of amides is 1. The van der Waals surface area contributed by atoms with Gasteiger partial charge in [0.05, 0.1) is 36.4 Å². The highest BCUT2D eigenvalue weighted by atomic mass is 32.2. The summed E-state index contributed by atoms with van der Waals surface area (Å²) in [7, 11) is -3.79. The van der Waals surface area contributed by atoms with Gasteiger partial charge in [-0.05, 0) is 69.5 Å². The van der Waals surface area contributed by atoms with Crippen LogP contribution in [-0.4, -0.2) is 47.3 Å². The molecule has 0 spiro atoms. The average Bonchev–Trinajstić information content (AvgIpc) is 3.40. The molecule has 2 aromatic heterocycles. The molecule has 0 bridgehead atoms. The molecule has 2 heterocycles. The minimum absolute atomic E-state index is 0.0136. The van der Waals surface area contributed by atoms with Crippen molar-refractivity contribution in [3.05, 3.63) is 69.3 Å². The predicted octanol–water partition coefficient (Wildman–Crippen LogP) is 4.49. The van der Waals surface area contributed by atoms with Crippen molar-refractivity contribution in [2.75, 3.05) is 12.9 Å². The van der Waals surface area contributed by atoms with E-state index in [-0.39, 0.29) is 24.3 Å². The number of hydrogen-bond donors (Lipinski definition) is 2. The highest BCUT2D eigenvalue weighted by Gasteiger charge is 2.27. The van der Waals surface area contributed by atoms with E-state index in [1.165, 1.54) is 12.1 Å². The average molecular weight is 569 g/mol. The first-order chi connectivity index (χ1) is 18.9. The number of aryl methyl sites for hydroxylation is 2. The Kier molecular flexibility index (Phi) is 8.25. The lowest BCUT2D eigenvalue weighted by molar-refractivity contribution is -0.144. The second-order valence-corrected chi connectivity index (χ2v) is 12.1. The Bertz CT molecular complexity index is 1760. The molecule has 1 amide bonds. The van der Waals surface area contributed by atoms with Crippen LogP contribution in [0.5, 0.6) is 0 Å². The number of imidazole rings is 1. The number of esters is 1. The zero-order chi connectivity index (χ0) is 29.4. The zero-order valence-corrected chi connectivity index (χ0v) is 24.5. The van der Waals surface area contributed by atoms with Gasteiger partial charge in [-0.25, -0.2) is 17.9 Å². The SMILES string of the molecule is CCCC(CC(=O)OCC)n1c(=O)n([C@@H](C)c2c[nH]c3cc(C)cc(C)c23)c2ccc(C(=O)NS(C)(=O)=O)cc21. The van der Waals surface area contributed by atoms with Gasteiger partial charge >= 0.3 is 11.7 Å². The van der Waals surface area contributed by atoms with E-state index in [0.717, 1.165) is 33.8 Å². The second kappa shape index (κ2) is 11.3. The number of ether oxygens (including phenoxy) is 1. The number of aromatic nitrogens is 3. The highest BCUT2D eigenvalue weighted by Crippen LogP contribution is 2.33. The van der Waals surface area contributed by atoms with E-state index in [2.05, 4.69) is 17.1 Å². The lowest BCUT2D eigenvalue weighted by Gasteiger charge is -2.18. The maximum absolute atomic E-state index is 14.2. The molecule has 214 valence electrons. The molecule has 0 saturated heterocycles. The van der Waals surface area contributed by atoms with Crippen LogP contribution in [0.4, 0.5) is 0 Å². The van der Waals surface area contributed by atoms with Crippen molar-refractivity contribution in [2.24, 2.45) is 0 Å². The molecule has 0 fully saturated rings. The first kappa shape index (κ1) is 29.1. The molecule has 0 aliphatic carbocycles. The molecule has 11 heteroatoms. The minimum Gasteiger partial charge on any atom is -0.466 e. The van der Waals surface area contributed by atoms with Gasteiger partial charge in [-0.2, -0.15) is 0 Å². The van der Waals surface area contributed by atoms with Gasteiger partial charge in [0.1, 0.15) is 0 Å². The van der Waals surface area contributed by atoms with Crippen molar-refractivity contribution in [1.29, 1.82) is 0 Å². The van der Waals surface area contributed by atoms with Crippen LogP contribution in [0.2, 0.25) is 0 Å². The standard InChI is InChI=1S/C29H36N4O6S/c1-7-9-21(15-26(34)39-8-2)33-25-14-20(28(35)31-40(6,37)38)10-11-24(25)32(29(33)36)19(5)22-16-30-23-13-17(3)12-18(4)27(22)23/h10-14,16,19,21,30H,7-9,15H2,1-6H3,(H,31,35)/t19-,21?/m0/s1. The maximum Gasteiger partial charge on any atom is 0.329 e. The van der Waals surface area contributed by atoms with E-state index in [0.29, 0.717) is 23.9 Å². The number of carbonyl (C=O) groups is 2. The number of nitrogens with one attached hydrogen (secondary N) is 2. The molecular formula is C29H36N4O6S. The number of rotatable bonds is 10. The van der Waals surface area contributed by atoms with Crippen LogP contribution in [0, 0.1) is 13.8 Å². The number of H-pyrrole nitrogens is 1. The van der Waals surface area contributed by atoms with Crippen molar-refractivity contribution < 1.29 is 22.7 Å². The van der Waals surface area contributed by atoms with Crippen molar-refractivity contribution in [2.45, 2.75) is 66.0 Å². The number of benzene rings is 2. The van der Waals surface area contributed by atoms with Crippen LogP contribution in [-0.2, 0) is 19.6 Å². The third-order valence-electron chi connectivity index (χ3n) is 7.13. The van der Waals surface area contributed by atoms with Crippen LogP contribution in [0.3, 0.4) is 0 Å². The first-order valence-corrected chi connectivity index (χ1v) is 15.3. The molecule has 0 saturated carbocycles. The van der Waals surface area contributed by atoms with Gasteiger partial charge in [-0.1, -0.05) is 19.4 Å². The fourth-order valence-electron chi connectivity index (χ4n) is 5.57. The van der Waals surface area contributed by atoms with Gasteiger partial charge in [-0.15, -0.1) is 0 Å². The van der Waals surface area contributed by atoms with E-state index in [1.54, 1.807) is 22.1 Å². The van der Waals surface area contributed by atoms with Crippen LogP contribution in [0.25, 0.3) is 21.9 Å². The molecule has 10 nitrogen and oxygen atoms in total. The quantitative estimate of drug-likeness (QED) is 0.271. The topological polar surface area (TPSA) is 132 Å². The third-order valence-corrected chi connectivity index (χ3v) is 7.69. The predicted molar refractivity (Wildman–Crippen MR) is 155 cm³/mol. The molecule has 4 rings (SSSR count). The number of nitrogens with zero attached hydrogens (tertiary/aromatic N) is 2. The van der Waals surface area contributed by atoms with Gasteiger partial charge in [0.25, 0.3) is 5.91 Å². The van der Waals surface area contributed by atoms with Gasteiger partial charge in [0.2, 0.25) is 10.0 Å². The molecule has 2 N–H and O–H groups in total. The summed E-state index contributed by atoms with van der Waals surface area (Å²) in [4.78, 5) is 42.8. The Labute approximate surface area is 233 Å². The number of hydrogen-bond acceptors (Lipinski definition) is 6.